The van der Waals surface area contributed by atoms with Crippen LogP contribution >= 0.6 is 0 Å². The van der Waals surface area contributed by atoms with Crippen molar-refractivity contribution in [2.45, 2.75) is 26.3 Å². The molecule has 102 valence electrons. The molecule has 0 aliphatic rings. The third-order valence-corrected chi connectivity index (χ3v) is 2.44. The quantitative estimate of drug-likeness (QED) is 0.712. The second-order valence-corrected chi connectivity index (χ2v) is 7.01. The summed E-state index contributed by atoms with van der Waals surface area (Å²) < 4.78 is 31.3. The van der Waals surface area contributed by atoms with Crippen LogP contribution in [0.25, 0.3) is 0 Å². The maximum Gasteiger partial charge on any atom is 0.407 e. The Balaban J connectivity index is 3.50. The lowest BCUT2D eigenvalue weighted by atomic mass is 10.1. The van der Waals surface area contributed by atoms with E-state index in [-0.39, 0.29) is 31.1 Å². The van der Waals surface area contributed by atoms with E-state index in [1.165, 1.54) is 0 Å². The van der Waals surface area contributed by atoms with Crippen molar-refractivity contribution in [3.05, 3.63) is 0 Å². The number of rotatable bonds is 6. The number of alkyl carbamates (subject to hydrolysis) is 1. The molecular weight excluding hydrogens is 246 g/mol. The van der Waals surface area contributed by atoms with Gasteiger partial charge in [0.05, 0.1) is 19.0 Å². The van der Waals surface area contributed by atoms with Gasteiger partial charge in [-0.2, -0.15) is 0 Å². The standard InChI is InChI=1S/C10H21NO5S/c1-10(2,3)11-9(12)16-6-5-15-7-8-17(4,13)14/h5-8H2,1-4H3,(H,11,12). The van der Waals surface area contributed by atoms with Crippen LogP contribution < -0.4 is 5.32 Å². The minimum atomic E-state index is -3.00. The van der Waals surface area contributed by atoms with Crippen LogP contribution in [0, 0.1) is 0 Å². The molecule has 0 fully saturated rings. The first kappa shape index (κ1) is 16.2. The zero-order valence-corrected chi connectivity index (χ0v) is 11.6. The Morgan fingerprint density at radius 1 is 1.18 bits per heavy atom. The molecule has 17 heavy (non-hydrogen) atoms. The Morgan fingerprint density at radius 2 is 1.76 bits per heavy atom. The molecule has 0 saturated heterocycles. The molecule has 0 aliphatic heterocycles. The number of sulfone groups is 1. The van der Waals surface area contributed by atoms with Crippen molar-refractivity contribution in [2.24, 2.45) is 0 Å². The van der Waals surface area contributed by atoms with E-state index in [2.05, 4.69) is 5.32 Å². The van der Waals surface area contributed by atoms with Crippen LogP contribution in [-0.2, 0) is 19.3 Å². The maximum absolute atomic E-state index is 11.2. The maximum atomic E-state index is 11.2. The van der Waals surface area contributed by atoms with Gasteiger partial charge >= 0.3 is 6.09 Å². The average molecular weight is 267 g/mol. The van der Waals surface area contributed by atoms with Crippen molar-refractivity contribution in [2.75, 3.05) is 31.8 Å². The second kappa shape index (κ2) is 6.80. The van der Waals surface area contributed by atoms with Gasteiger partial charge in [0.1, 0.15) is 16.4 Å². The molecule has 0 aromatic rings. The van der Waals surface area contributed by atoms with E-state index in [4.69, 9.17) is 9.47 Å². The molecule has 0 radical (unpaired) electrons. The van der Waals surface area contributed by atoms with E-state index in [0.717, 1.165) is 6.26 Å². The summed E-state index contributed by atoms with van der Waals surface area (Å²) in [5, 5.41) is 2.62. The van der Waals surface area contributed by atoms with Gasteiger partial charge in [0.15, 0.2) is 0 Å². The van der Waals surface area contributed by atoms with Gasteiger partial charge < -0.3 is 14.8 Å². The lowest BCUT2D eigenvalue weighted by Gasteiger charge is -2.19. The smallest absolute Gasteiger partial charge is 0.407 e. The van der Waals surface area contributed by atoms with Crippen LogP contribution in [0.15, 0.2) is 0 Å². The first-order valence-electron chi connectivity index (χ1n) is 5.30. The number of carbonyl (C=O) groups excluding carboxylic acids is 1. The highest BCUT2D eigenvalue weighted by Crippen LogP contribution is 1.98. The molecule has 1 N–H and O–H groups in total. The largest absolute Gasteiger partial charge is 0.447 e. The van der Waals surface area contributed by atoms with Crippen molar-refractivity contribution in [3.8, 4) is 0 Å². The van der Waals surface area contributed by atoms with E-state index in [1.807, 2.05) is 20.8 Å². The molecule has 0 aromatic heterocycles. The minimum absolute atomic E-state index is 0.0266. The first-order valence-corrected chi connectivity index (χ1v) is 7.37. The molecular formula is C10H21NO5S. The predicted molar refractivity (Wildman–Crippen MR) is 64.8 cm³/mol. The molecule has 0 rings (SSSR count). The van der Waals surface area contributed by atoms with Crippen LogP contribution in [0.5, 0.6) is 0 Å². The highest BCUT2D eigenvalue weighted by atomic mass is 32.2. The number of hydrogen-bond acceptors (Lipinski definition) is 5. The number of carbonyl (C=O) groups is 1. The van der Waals surface area contributed by atoms with Crippen LogP contribution in [-0.4, -0.2) is 51.9 Å². The Hall–Kier alpha value is -0.820. The fourth-order valence-electron chi connectivity index (χ4n) is 0.848. The van der Waals surface area contributed by atoms with Gasteiger partial charge in [0.25, 0.3) is 0 Å². The summed E-state index contributed by atoms with van der Waals surface area (Å²) in [6, 6.07) is 0. The van der Waals surface area contributed by atoms with Gasteiger partial charge in [0.2, 0.25) is 0 Å². The van der Waals surface area contributed by atoms with Crippen molar-refractivity contribution >= 4 is 15.9 Å². The second-order valence-electron chi connectivity index (χ2n) is 4.75. The number of hydrogen-bond donors (Lipinski definition) is 1. The Morgan fingerprint density at radius 3 is 2.24 bits per heavy atom. The third kappa shape index (κ3) is 13.1. The van der Waals surface area contributed by atoms with Crippen LogP contribution in [0.1, 0.15) is 20.8 Å². The van der Waals surface area contributed by atoms with Gasteiger partial charge in [-0.1, -0.05) is 0 Å². The molecule has 6 nitrogen and oxygen atoms in total. The van der Waals surface area contributed by atoms with Crippen LogP contribution in [0.4, 0.5) is 4.79 Å². The highest BCUT2D eigenvalue weighted by Gasteiger charge is 2.14. The summed E-state index contributed by atoms with van der Waals surface area (Å²) in [6.45, 7) is 5.94. The average Bonchev–Trinajstić information content (AvgIpc) is 2.06. The molecule has 0 saturated carbocycles. The zero-order valence-electron chi connectivity index (χ0n) is 10.8. The topological polar surface area (TPSA) is 81.7 Å². The van der Waals surface area contributed by atoms with E-state index in [1.54, 1.807) is 0 Å². The van der Waals surface area contributed by atoms with Gasteiger partial charge in [-0.25, -0.2) is 13.2 Å². The number of ether oxygens (including phenoxy) is 2. The molecule has 0 aromatic carbocycles. The fraction of sp³-hybridized carbons (Fsp3) is 0.900. The Bertz CT molecular complexity index is 331. The normalized spacial score (nSPS) is 12.2. The Labute approximate surface area is 103 Å². The van der Waals surface area contributed by atoms with E-state index < -0.39 is 15.9 Å². The molecule has 0 aliphatic carbocycles. The van der Waals surface area contributed by atoms with Crippen molar-refractivity contribution < 1.29 is 22.7 Å². The molecule has 1 amide bonds. The summed E-state index contributed by atoms with van der Waals surface area (Å²) in [5.41, 5.74) is -0.339. The third-order valence-electron chi connectivity index (χ3n) is 1.54. The molecule has 0 unspecified atom stereocenters. The number of amides is 1. The summed E-state index contributed by atoms with van der Waals surface area (Å²) in [6.07, 6.45) is 0.633. The summed E-state index contributed by atoms with van der Waals surface area (Å²) >= 11 is 0. The van der Waals surface area contributed by atoms with Gasteiger partial charge in [-0.3, -0.25) is 0 Å². The van der Waals surface area contributed by atoms with E-state index in [9.17, 15) is 13.2 Å². The monoisotopic (exact) mass is 267 g/mol. The van der Waals surface area contributed by atoms with E-state index in [0.29, 0.717) is 0 Å². The SMILES string of the molecule is CC(C)(C)NC(=O)OCCOCCS(C)(=O)=O. The minimum Gasteiger partial charge on any atom is -0.447 e. The molecule has 0 spiro atoms. The fourth-order valence-corrected chi connectivity index (χ4v) is 1.27. The molecule has 7 heteroatoms. The summed E-state index contributed by atoms with van der Waals surface area (Å²) in [7, 11) is -3.00. The van der Waals surface area contributed by atoms with Crippen molar-refractivity contribution in [1.82, 2.24) is 5.32 Å². The predicted octanol–water partition coefficient (Wildman–Crippen LogP) is 0.572. The van der Waals surface area contributed by atoms with Crippen LogP contribution in [0.2, 0.25) is 0 Å². The molecule has 0 heterocycles. The van der Waals surface area contributed by atoms with Crippen molar-refractivity contribution in [1.29, 1.82) is 0 Å². The number of nitrogens with one attached hydrogen (secondary N) is 1. The lowest BCUT2D eigenvalue weighted by Crippen LogP contribution is -2.41. The Kier molecular flexibility index (Phi) is 6.48. The van der Waals surface area contributed by atoms with Crippen molar-refractivity contribution in [3.63, 3.8) is 0 Å². The van der Waals surface area contributed by atoms with Gasteiger partial charge in [-0.15, -0.1) is 0 Å². The summed E-state index contributed by atoms with van der Waals surface area (Å²) in [4.78, 5) is 11.2. The zero-order chi connectivity index (χ0) is 13.5. The van der Waals surface area contributed by atoms with E-state index >= 15 is 0 Å². The molecule has 0 atom stereocenters. The molecule has 0 bridgehead atoms. The lowest BCUT2D eigenvalue weighted by molar-refractivity contribution is 0.0764. The van der Waals surface area contributed by atoms with Gasteiger partial charge in [-0.05, 0) is 20.8 Å². The first-order chi connectivity index (χ1) is 7.60. The van der Waals surface area contributed by atoms with Crippen LogP contribution in [0.3, 0.4) is 0 Å². The highest BCUT2D eigenvalue weighted by molar-refractivity contribution is 7.90. The van der Waals surface area contributed by atoms with Gasteiger partial charge in [0, 0.05) is 11.8 Å². The summed E-state index contributed by atoms with van der Waals surface area (Å²) in [5.74, 6) is -0.0266.